The number of hydrogen-bond donors (Lipinski definition) is 3. The summed E-state index contributed by atoms with van der Waals surface area (Å²) in [6, 6.07) is 7.58. The summed E-state index contributed by atoms with van der Waals surface area (Å²) in [4.78, 5) is 0. The van der Waals surface area contributed by atoms with Gasteiger partial charge in [-0.05, 0) is 37.1 Å². The van der Waals surface area contributed by atoms with E-state index in [0.717, 1.165) is 24.2 Å². The smallest absolute Gasteiger partial charge is 0.0924 e. The molecule has 1 aliphatic rings. The van der Waals surface area contributed by atoms with Crippen molar-refractivity contribution in [2.45, 2.75) is 25.0 Å². The maximum absolute atomic E-state index is 10.5. The molecule has 1 heterocycles. The van der Waals surface area contributed by atoms with E-state index in [-0.39, 0.29) is 6.61 Å². The molecule has 1 aromatic rings. The normalized spacial score (nSPS) is 20.1. The third-order valence-electron chi connectivity index (χ3n) is 3.12. The lowest BCUT2D eigenvalue weighted by Gasteiger charge is -2.34. The van der Waals surface area contributed by atoms with Crippen LogP contribution < -0.4 is 5.32 Å². The molecule has 0 aromatic heterocycles. The summed E-state index contributed by atoms with van der Waals surface area (Å²) in [6.07, 6.45) is 1.42. The molecular weight excluding hydrogens is 190 g/mol. The van der Waals surface area contributed by atoms with Crippen LogP contribution in [0.3, 0.4) is 0 Å². The Morgan fingerprint density at radius 3 is 2.53 bits per heavy atom. The first-order chi connectivity index (χ1) is 7.26. The molecule has 3 N–H and O–H groups in total. The molecule has 2 rings (SSSR count). The van der Waals surface area contributed by atoms with Crippen LogP contribution in [0.4, 0.5) is 0 Å². The summed E-state index contributed by atoms with van der Waals surface area (Å²) in [5, 5.41) is 23.0. The summed E-state index contributed by atoms with van der Waals surface area (Å²) in [5.41, 5.74) is 0.959. The lowest BCUT2D eigenvalue weighted by molar-refractivity contribution is 0.00420. The number of rotatable bonds is 2. The van der Waals surface area contributed by atoms with Crippen LogP contribution in [0.25, 0.3) is 0 Å². The quantitative estimate of drug-likeness (QED) is 0.671. The molecule has 1 aromatic carbocycles. The highest BCUT2D eigenvalue weighted by Crippen LogP contribution is 2.32. The molecule has 0 unspecified atom stereocenters. The summed E-state index contributed by atoms with van der Waals surface area (Å²) in [7, 11) is 0. The standard InChI is InChI=1S/C12H17NO2/c14-9-10-3-1-2-4-11(10)12(15)5-7-13-8-6-12/h1-4,13-15H,5-9H2. The zero-order chi connectivity index (χ0) is 10.7. The lowest BCUT2D eigenvalue weighted by Crippen LogP contribution is -2.40. The number of aliphatic hydroxyl groups excluding tert-OH is 1. The summed E-state index contributed by atoms with van der Waals surface area (Å²) < 4.78 is 0. The SMILES string of the molecule is OCc1ccccc1C1(O)CCNCC1. The Hall–Kier alpha value is -0.900. The maximum atomic E-state index is 10.5. The number of benzene rings is 1. The number of nitrogens with one attached hydrogen (secondary N) is 1. The highest BCUT2D eigenvalue weighted by Gasteiger charge is 2.32. The van der Waals surface area contributed by atoms with Crippen LogP contribution in [0.5, 0.6) is 0 Å². The Morgan fingerprint density at radius 1 is 1.20 bits per heavy atom. The van der Waals surface area contributed by atoms with Crippen LogP contribution >= 0.6 is 0 Å². The molecule has 1 saturated heterocycles. The molecule has 1 aliphatic heterocycles. The van der Waals surface area contributed by atoms with Crippen LogP contribution in [0.1, 0.15) is 24.0 Å². The van der Waals surface area contributed by atoms with Gasteiger partial charge in [0.05, 0.1) is 12.2 Å². The van der Waals surface area contributed by atoms with Crippen molar-refractivity contribution in [1.29, 1.82) is 0 Å². The second-order valence-corrected chi connectivity index (χ2v) is 4.10. The fourth-order valence-corrected chi connectivity index (χ4v) is 2.22. The van der Waals surface area contributed by atoms with E-state index in [0.29, 0.717) is 12.8 Å². The van der Waals surface area contributed by atoms with Gasteiger partial charge in [0.1, 0.15) is 0 Å². The topological polar surface area (TPSA) is 52.5 Å². The van der Waals surface area contributed by atoms with Crippen molar-refractivity contribution in [3.63, 3.8) is 0 Å². The molecule has 0 radical (unpaired) electrons. The van der Waals surface area contributed by atoms with Crippen LogP contribution in [-0.2, 0) is 12.2 Å². The van der Waals surface area contributed by atoms with E-state index in [1.807, 2.05) is 24.3 Å². The predicted octanol–water partition coefficient (Wildman–Crippen LogP) is 0.750. The molecule has 1 fully saturated rings. The molecule has 0 aliphatic carbocycles. The Morgan fingerprint density at radius 2 is 1.87 bits per heavy atom. The summed E-state index contributed by atoms with van der Waals surface area (Å²) >= 11 is 0. The minimum atomic E-state index is -0.759. The Labute approximate surface area is 89.8 Å². The van der Waals surface area contributed by atoms with Gasteiger partial charge >= 0.3 is 0 Å². The number of aliphatic hydroxyl groups is 2. The maximum Gasteiger partial charge on any atom is 0.0924 e. The van der Waals surface area contributed by atoms with E-state index in [2.05, 4.69) is 5.32 Å². The van der Waals surface area contributed by atoms with Crippen molar-refractivity contribution in [2.75, 3.05) is 13.1 Å². The second kappa shape index (κ2) is 4.31. The van der Waals surface area contributed by atoms with Gasteiger partial charge in [0.2, 0.25) is 0 Å². The van der Waals surface area contributed by atoms with Gasteiger partial charge in [-0.1, -0.05) is 24.3 Å². The van der Waals surface area contributed by atoms with E-state index in [4.69, 9.17) is 0 Å². The van der Waals surface area contributed by atoms with E-state index in [9.17, 15) is 10.2 Å². The third kappa shape index (κ3) is 2.04. The highest BCUT2D eigenvalue weighted by molar-refractivity contribution is 5.32. The van der Waals surface area contributed by atoms with Gasteiger partial charge < -0.3 is 15.5 Å². The molecule has 82 valence electrons. The minimum Gasteiger partial charge on any atom is -0.392 e. The van der Waals surface area contributed by atoms with Crippen LogP contribution in [-0.4, -0.2) is 23.3 Å². The molecule has 0 amide bonds. The third-order valence-corrected chi connectivity index (χ3v) is 3.12. The Balaban J connectivity index is 2.34. The van der Waals surface area contributed by atoms with Crippen molar-refractivity contribution in [3.05, 3.63) is 35.4 Å². The van der Waals surface area contributed by atoms with E-state index in [1.54, 1.807) is 0 Å². The molecule has 0 saturated carbocycles. The Bertz CT molecular complexity index is 332. The van der Waals surface area contributed by atoms with Gasteiger partial charge in [0, 0.05) is 0 Å². The first-order valence-electron chi connectivity index (χ1n) is 5.38. The summed E-state index contributed by atoms with van der Waals surface area (Å²) in [5.74, 6) is 0. The molecule has 0 atom stereocenters. The van der Waals surface area contributed by atoms with Gasteiger partial charge in [-0.3, -0.25) is 0 Å². The van der Waals surface area contributed by atoms with Crippen LogP contribution in [0.2, 0.25) is 0 Å². The van der Waals surface area contributed by atoms with Crippen molar-refractivity contribution in [3.8, 4) is 0 Å². The molecular formula is C12H17NO2. The van der Waals surface area contributed by atoms with Crippen LogP contribution in [0, 0.1) is 0 Å². The zero-order valence-electron chi connectivity index (χ0n) is 8.74. The van der Waals surface area contributed by atoms with E-state index in [1.165, 1.54) is 0 Å². The van der Waals surface area contributed by atoms with Crippen molar-refractivity contribution in [1.82, 2.24) is 5.32 Å². The van der Waals surface area contributed by atoms with Crippen molar-refractivity contribution in [2.24, 2.45) is 0 Å². The average molecular weight is 207 g/mol. The van der Waals surface area contributed by atoms with Gasteiger partial charge in [0.15, 0.2) is 0 Å². The number of piperidine rings is 1. The number of hydrogen-bond acceptors (Lipinski definition) is 3. The highest BCUT2D eigenvalue weighted by atomic mass is 16.3. The van der Waals surface area contributed by atoms with E-state index >= 15 is 0 Å². The molecule has 3 heteroatoms. The van der Waals surface area contributed by atoms with Gasteiger partial charge in [-0.25, -0.2) is 0 Å². The molecule has 0 bridgehead atoms. The molecule has 0 spiro atoms. The van der Waals surface area contributed by atoms with Gasteiger partial charge in [0.25, 0.3) is 0 Å². The van der Waals surface area contributed by atoms with Crippen LogP contribution in [0.15, 0.2) is 24.3 Å². The zero-order valence-corrected chi connectivity index (χ0v) is 8.74. The van der Waals surface area contributed by atoms with Gasteiger partial charge in [-0.2, -0.15) is 0 Å². The second-order valence-electron chi connectivity index (χ2n) is 4.10. The minimum absolute atomic E-state index is 0.00802. The fourth-order valence-electron chi connectivity index (χ4n) is 2.22. The lowest BCUT2D eigenvalue weighted by atomic mass is 9.83. The molecule has 3 nitrogen and oxygen atoms in total. The van der Waals surface area contributed by atoms with Crippen molar-refractivity contribution >= 4 is 0 Å². The fraction of sp³-hybridized carbons (Fsp3) is 0.500. The molecule has 15 heavy (non-hydrogen) atoms. The Kier molecular flexibility index (Phi) is 3.05. The predicted molar refractivity (Wildman–Crippen MR) is 58.4 cm³/mol. The average Bonchev–Trinajstić information content (AvgIpc) is 2.30. The first-order valence-corrected chi connectivity index (χ1v) is 5.38. The van der Waals surface area contributed by atoms with Gasteiger partial charge in [-0.15, -0.1) is 0 Å². The summed E-state index contributed by atoms with van der Waals surface area (Å²) in [6.45, 7) is 1.65. The largest absolute Gasteiger partial charge is 0.392 e. The monoisotopic (exact) mass is 207 g/mol. The van der Waals surface area contributed by atoms with Crippen molar-refractivity contribution < 1.29 is 10.2 Å². The first kappa shape index (κ1) is 10.6. The van der Waals surface area contributed by atoms with E-state index < -0.39 is 5.60 Å².